The van der Waals surface area contributed by atoms with Gasteiger partial charge in [-0.05, 0) is 24.3 Å². The van der Waals surface area contributed by atoms with Crippen molar-refractivity contribution in [2.45, 2.75) is 12.5 Å². The molecule has 1 aromatic carbocycles. The van der Waals surface area contributed by atoms with Gasteiger partial charge in [-0.1, -0.05) is 0 Å². The Balaban J connectivity index is 2.02. The summed E-state index contributed by atoms with van der Waals surface area (Å²) in [4.78, 5) is 48.2. The third kappa shape index (κ3) is 4.23. The minimum absolute atomic E-state index is 0.188. The number of nitrogens with one attached hydrogen (secondary N) is 2. The highest BCUT2D eigenvalue weighted by Gasteiger charge is 2.34. The topological polar surface area (TPSA) is 122 Å². The molecule has 0 spiro atoms. The number of nitrogens with two attached hydrogens (primary N) is 1. The first-order chi connectivity index (χ1) is 11.4. The van der Waals surface area contributed by atoms with Gasteiger partial charge in [0, 0.05) is 24.3 Å². The zero-order chi connectivity index (χ0) is 17.7. The number of nitrogens with zero attached hydrogens (tertiary/aromatic N) is 1. The molecule has 24 heavy (non-hydrogen) atoms. The van der Waals surface area contributed by atoms with E-state index in [0.29, 0.717) is 24.3 Å². The van der Waals surface area contributed by atoms with Crippen LogP contribution in [-0.2, 0) is 14.4 Å². The van der Waals surface area contributed by atoms with Crippen molar-refractivity contribution in [2.24, 2.45) is 5.73 Å². The molecule has 0 radical (unpaired) electrons. The van der Waals surface area contributed by atoms with Crippen LogP contribution in [0.4, 0.5) is 5.69 Å². The minimum atomic E-state index is -0.894. The fourth-order valence-corrected chi connectivity index (χ4v) is 2.55. The average molecular weight is 353 g/mol. The van der Waals surface area contributed by atoms with Crippen molar-refractivity contribution >= 4 is 40.9 Å². The van der Waals surface area contributed by atoms with Crippen LogP contribution in [0.25, 0.3) is 0 Å². The van der Waals surface area contributed by atoms with Gasteiger partial charge in [0.15, 0.2) is 0 Å². The molecule has 1 heterocycles. The molecular formula is C15H17ClN4O4. The van der Waals surface area contributed by atoms with Crippen molar-refractivity contribution in [2.75, 3.05) is 24.3 Å². The number of hydrogen-bond acceptors (Lipinski definition) is 4. The number of benzene rings is 1. The molecule has 1 fully saturated rings. The van der Waals surface area contributed by atoms with E-state index in [-0.39, 0.29) is 18.2 Å². The molecule has 4 N–H and O–H groups in total. The number of carbonyl (C=O) groups excluding carboxylic acids is 4. The van der Waals surface area contributed by atoms with Crippen LogP contribution in [0.15, 0.2) is 24.3 Å². The SMILES string of the molecule is NC(=O)c1ccc(NC(=O)C[C@H]2C(=O)NCCN2C(=O)CCl)cc1. The Morgan fingerprint density at radius 1 is 1.29 bits per heavy atom. The first-order valence-corrected chi connectivity index (χ1v) is 7.78. The highest BCUT2D eigenvalue weighted by molar-refractivity contribution is 6.27. The summed E-state index contributed by atoms with van der Waals surface area (Å²) in [5.41, 5.74) is 5.91. The molecule has 2 rings (SSSR count). The van der Waals surface area contributed by atoms with Crippen molar-refractivity contribution in [3.05, 3.63) is 29.8 Å². The molecule has 0 aliphatic carbocycles. The first-order valence-electron chi connectivity index (χ1n) is 7.25. The number of anilines is 1. The molecule has 0 aromatic heterocycles. The fraction of sp³-hybridized carbons (Fsp3) is 0.333. The van der Waals surface area contributed by atoms with Crippen molar-refractivity contribution in [3.8, 4) is 0 Å². The van der Waals surface area contributed by atoms with Gasteiger partial charge in [0.1, 0.15) is 11.9 Å². The van der Waals surface area contributed by atoms with E-state index < -0.39 is 23.8 Å². The Bertz CT molecular complexity index is 662. The number of amides is 4. The Kier molecular flexibility index (Phi) is 5.75. The maximum Gasteiger partial charge on any atom is 0.248 e. The number of carbonyl (C=O) groups is 4. The number of rotatable bonds is 5. The Labute approximate surface area is 143 Å². The van der Waals surface area contributed by atoms with Gasteiger partial charge < -0.3 is 21.3 Å². The van der Waals surface area contributed by atoms with Crippen LogP contribution in [0.1, 0.15) is 16.8 Å². The second kappa shape index (κ2) is 7.78. The lowest BCUT2D eigenvalue weighted by molar-refractivity contribution is -0.143. The summed E-state index contributed by atoms with van der Waals surface area (Å²) in [5.74, 6) is -2.03. The van der Waals surface area contributed by atoms with Crippen LogP contribution >= 0.6 is 11.6 Å². The average Bonchev–Trinajstić information content (AvgIpc) is 2.56. The standard InChI is InChI=1S/C15H17ClN4O4/c16-8-13(22)20-6-5-18-15(24)11(20)7-12(21)19-10-3-1-9(2-4-10)14(17)23/h1-4,11H,5-8H2,(H2,17,23)(H,18,24)(H,19,21)/t11-/m0/s1. The first kappa shape index (κ1) is 17.7. The monoisotopic (exact) mass is 352 g/mol. The highest BCUT2D eigenvalue weighted by Crippen LogP contribution is 2.13. The lowest BCUT2D eigenvalue weighted by atomic mass is 10.1. The molecular weight excluding hydrogens is 336 g/mol. The van der Waals surface area contributed by atoms with E-state index in [1.807, 2.05) is 0 Å². The van der Waals surface area contributed by atoms with E-state index in [9.17, 15) is 19.2 Å². The number of alkyl halides is 1. The van der Waals surface area contributed by atoms with Crippen molar-refractivity contribution in [1.82, 2.24) is 10.2 Å². The van der Waals surface area contributed by atoms with E-state index in [1.165, 1.54) is 29.2 Å². The molecule has 1 aliphatic heterocycles. The lowest BCUT2D eigenvalue weighted by Crippen LogP contribution is -2.58. The van der Waals surface area contributed by atoms with E-state index in [1.54, 1.807) is 0 Å². The smallest absolute Gasteiger partial charge is 0.248 e. The van der Waals surface area contributed by atoms with Crippen LogP contribution in [0.5, 0.6) is 0 Å². The summed E-state index contributed by atoms with van der Waals surface area (Å²) < 4.78 is 0. The molecule has 1 aromatic rings. The largest absolute Gasteiger partial charge is 0.366 e. The van der Waals surface area contributed by atoms with Gasteiger partial charge in [-0.3, -0.25) is 19.2 Å². The summed E-state index contributed by atoms with van der Waals surface area (Å²) in [5, 5.41) is 5.23. The molecule has 9 heteroatoms. The molecule has 0 bridgehead atoms. The zero-order valence-electron chi connectivity index (χ0n) is 12.8. The van der Waals surface area contributed by atoms with Gasteiger partial charge in [0.2, 0.25) is 23.6 Å². The van der Waals surface area contributed by atoms with E-state index >= 15 is 0 Å². The number of piperazine rings is 1. The predicted molar refractivity (Wildman–Crippen MR) is 87.4 cm³/mol. The lowest BCUT2D eigenvalue weighted by Gasteiger charge is -2.34. The summed E-state index contributed by atoms with van der Waals surface area (Å²) in [6.07, 6.45) is -0.188. The molecule has 4 amide bonds. The predicted octanol–water partition coefficient (Wildman–Crippen LogP) is -0.320. The number of halogens is 1. The minimum Gasteiger partial charge on any atom is -0.366 e. The van der Waals surface area contributed by atoms with Crippen LogP contribution in [-0.4, -0.2) is 53.5 Å². The van der Waals surface area contributed by atoms with Crippen molar-refractivity contribution in [1.29, 1.82) is 0 Å². The highest BCUT2D eigenvalue weighted by atomic mass is 35.5. The summed E-state index contributed by atoms with van der Waals surface area (Å²) in [6, 6.07) is 5.12. The second-order valence-corrected chi connectivity index (χ2v) is 5.49. The molecule has 1 aliphatic rings. The summed E-state index contributed by atoms with van der Waals surface area (Å²) in [6.45, 7) is 0.636. The summed E-state index contributed by atoms with van der Waals surface area (Å²) in [7, 11) is 0. The van der Waals surface area contributed by atoms with Crippen molar-refractivity contribution < 1.29 is 19.2 Å². The Morgan fingerprint density at radius 2 is 1.96 bits per heavy atom. The van der Waals surface area contributed by atoms with Gasteiger partial charge in [0.05, 0.1) is 6.42 Å². The second-order valence-electron chi connectivity index (χ2n) is 5.22. The molecule has 8 nitrogen and oxygen atoms in total. The third-order valence-electron chi connectivity index (χ3n) is 3.60. The molecule has 0 unspecified atom stereocenters. The molecule has 0 saturated carbocycles. The van der Waals surface area contributed by atoms with Crippen molar-refractivity contribution in [3.63, 3.8) is 0 Å². The third-order valence-corrected chi connectivity index (χ3v) is 3.83. The molecule has 1 atom stereocenters. The zero-order valence-corrected chi connectivity index (χ0v) is 13.5. The normalized spacial score (nSPS) is 17.1. The molecule has 128 valence electrons. The van der Waals surface area contributed by atoms with Crippen LogP contribution in [0, 0.1) is 0 Å². The maximum absolute atomic E-state index is 12.1. The van der Waals surface area contributed by atoms with Gasteiger partial charge in [-0.2, -0.15) is 0 Å². The van der Waals surface area contributed by atoms with Gasteiger partial charge >= 0.3 is 0 Å². The van der Waals surface area contributed by atoms with E-state index in [4.69, 9.17) is 17.3 Å². The van der Waals surface area contributed by atoms with Gasteiger partial charge in [0.25, 0.3) is 0 Å². The quantitative estimate of drug-likeness (QED) is 0.628. The number of primary amides is 1. The van der Waals surface area contributed by atoms with Crippen LogP contribution in [0.2, 0.25) is 0 Å². The van der Waals surface area contributed by atoms with Gasteiger partial charge in [-0.15, -0.1) is 11.6 Å². The Hall–Kier alpha value is -2.61. The number of hydrogen-bond donors (Lipinski definition) is 3. The fourth-order valence-electron chi connectivity index (χ4n) is 2.40. The van der Waals surface area contributed by atoms with Crippen LogP contribution < -0.4 is 16.4 Å². The van der Waals surface area contributed by atoms with E-state index in [2.05, 4.69) is 10.6 Å². The Morgan fingerprint density at radius 3 is 2.54 bits per heavy atom. The van der Waals surface area contributed by atoms with Gasteiger partial charge in [-0.25, -0.2) is 0 Å². The van der Waals surface area contributed by atoms with E-state index in [0.717, 1.165) is 0 Å². The maximum atomic E-state index is 12.1. The molecule has 1 saturated heterocycles. The van der Waals surface area contributed by atoms with Crippen LogP contribution in [0.3, 0.4) is 0 Å². The summed E-state index contributed by atoms with van der Waals surface area (Å²) >= 11 is 5.54.